The first-order valence-electron chi connectivity index (χ1n) is 7.88. The second kappa shape index (κ2) is 5.88. The van der Waals surface area contributed by atoms with Crippen LogP contribution in [-0.2, 0) is 9.59 Å². The third-order valence-electron chi connectivity index (χ3n) is 4.58. The summed E-state index contributed by atoms with van der Waals surface area (Å²) in [4.78, 5) is 26.8. The quantitative estimate of drug-likeness (QED) is 0.862. The van der Waals surface area contributed by atoms with Gasteiger partial charge >= 0.3 is 0 Å². The van der Waals surface area contributed by atoms with E-state index in [4.69, 9.17) is 0 Å². The first-order valence-corrected chi connectivity index (χ1v) is 7.88. The molecule has 1 N–H and O–H groups in total. The van der Waals surface area contributed by atoms with Gasteiger partial charge in [0.1, 0.15) is 0 Å². The van der Waals surface area contributed by atoms with Crippen molar-refractivity contribution >= 4 is 23.2 Å². The van der Waals surface area contributed by atoms with E-state index in [1.54, 1.807) is 0 Å². The molecule has 1 aromatic rings. The van der Waals surface area contributed by atoms with Crippen molar-refractivity contribution in [2.75, 3.05) is 16.8 Å². The van der Waals surface area contributed by atoms with Gasteiger partial charge in [-0.15, -0.1) is 0 Å². The van der Waals surface area contributed by atoms with E-state index in [0.717, 1.165) is 37.1 Å². The Morgan fingerprint density at radius 2 is 1.90 bits per heavy atom. The van der Waals surface area contributed by atoms with Crippen LogP contribution in [0.3, 0.4) is 0 Å². The topological polar surface area (TPSA) is 49.4 Å². The Balaban J connectivity index is 1.92. The summed E-state index contributed by atoms with van der Waals surface area (Å²) in [6.07, 6.45) is 5.47. The van der Waals surface area contributed by atoms with Crippen molar-refractivity contribution in [3.63, 3.8) is 0 Å². The van der Waals surface area contributed by atoms with Gasteiger partial charge in [0.25, 0.3) is 0 Å². The highest BCUT2D eigenvalue weighted by atomic mass is 16.2. The number of carbonyl (C=O) groups excluding carboxylic acids is 2. The maximum atomic E-state index is 12.9. The molecule has 1 heterocycles. The van der Waals surface area contributed by atoms with E-state index in [0.29, 0.717) is 6.54 Å². The highest BCUT2D eigenvalue weighted by Crippen LogP contribution is 2.33. The maximum absolute atomic E-state index is 12.9. The van der Waals surface area contributed by atoms with Gasteiger partial charge < -0.3 is 10.2 Å². The molecule has 2 amide bonds. The van der Waals surface area contributed by atoms with E-state index >= 15 is 0 Å². The molecule has 1 aliphatic carbocycles. The van der Waals surface area contributed by atoms with Crippen molar-refractivity contribution in [2.45, 2.75) is 39.0 Å². The maximum Gasteiger partial charge on any atom is 0.230 e. The van der Waals surface area contributed by atoms with Gasteiger partial charge in [0, 0.05) is 12.5 Å². The Kier molecular flexibility index (Phi) is 3.95. The van der Waals surface area contributed by atoms with E-state index in [-0.39, 0.29) is 23.7 Å². The monoisotopic (exact) mass is 286 g/mol. The first-order chi connectivity index (χ1) is 10.2. The lowest BCUT2D eigenvalue weighted by Gasteiger charge is -2.29. The van der Waals surface area contributed by atoms with Crippen molar-refractivity contribution in [1.29, 1.82) is 0 Å². The number of benzene rings is 1. The molecule has 1 fully saturated rings. The van der Waals surface area contributed by atoms with Gasteiger partial charge in [-0.2, -0.15) is 0 Å². The predicted molar refractivity (Wildman–Crippen MR) is 83.2 cm³/mol. The highest BCUT2D eigenvalue weighted by Gasteiger charge is 2.32. The highest BCUT2D eigenvalue weighted by molar-refractivity contribution is 6.05. The molecule has 2 aliphatic rings. The number of nitrogens with one attached hydrogen (secondary N) is 1. The molecule has 0 aromatic heterocycles. The molecule has 4 heteroatoms. The van der Waals surface area contributed by atoms with Gasteiger partial charge in [-0.1, -0.05) is 38.3 Å². The first kappa shape index (κ1) is 14.1. The smallest absolute Gasteiger partial charge is 0.230 e. The van der Waals surface area contributed by atoms with Crippen LogP contribution in [-0.4, -0.2) is 18.4 Å². The number of hydrogen-bond acceptors (Lipinski definition) is 2. The zero-order chi connectivity index (χ0) is 14.8. The summed E-state index contributed by atoms with van der Waals surface area (Å²) in [7, 11) is 0. The molecule has 1 aromatic carbocycles. The summed E-state index contributed by atoms with van der Waals surface area (Å²) in [6, 6.07) is 7.60. The van der Waals surface area contributed by atoms with Crippen LogP contribution >= 0.6 is 0 Å². The molecule has 1 aliphatic heterocycles. The summed E-state index contributed by atoms with van der Waals surface area (Å²) in [5.74, 6) is 0.101. The van der Waals surface area contributed by atoms with Crippen molar-refractivity contribution in [2.24, 2.45) is 11.8 Å². The number of amides is 2. The zero-order valence-electron chi connectivity index (χ0n) is 12.5. The Hall–Kier alpha value is -1.84. The lowest BCUT2D eigenvalue weighted by molar-refractivity contribution is -0.123. The molecule has 0 radical (unpaired) electrons. The normalized spacial score (nSPS) is 23.2. The number of hydrogen-bond donors (Lipinski definition) is 1. The van der Waals surface area contributed by atoms with Crippen molar-refractivity contribution < 1.29 is 9.59 Å². The second-order valence-corrected chi connectivity index (χ2v) is 6.19. The van der Waals surface area contributed by atoms with Gasteiger partial charge in [0.2, 0.25) is 11.8 Å². The standard InChI is InChI=1S/C17H22N2O2/c1-12-11-19(17(21)13-7-3-2-4-8-13)15-10-6-5-9-14(15)18-16(12)20/h5-6,9-10,12-13H,2-4,7-8,11H2,1H3,(H,18,20)/t12-/m0/s1. The molecule has 21 heavy (non-hydrogen) atoms. The Morgan fingerprint density at radius 1 is 1.19 bits per heavy atom. The van der Waals surface area contributed by atoms with Crippen LogP contribution in [0.1, 0.15) is 39.0 Å². The van der Waals surface area contributed by atoms with Crippen LogP contribution in [0.25, 0.3) is 0 Å². The molecule has 112 valence electrons. The average Bonchev–Trinajstić information content (AvgIpc) is 2.65. The minimum absolute atomic E-state index is 0.0126. The van der Waals surface area contributed by atoms with Gasteiger partial charge in [-0.25, -0.2) is 0 Å². The predicted octanol–water partition coefficient (Wildman–Crippen LogP) is 3.19. The van der Waals surface area contributed by atoms with Crippen LogP contribution < -0.4 is 10.2 Å². The summed E-state index contributed by atoms with van der Waals surface area (Å²) < 4.78 is 0. The number of carbonyl (C=O) groups is 2. The lowest BCUT2D eigenvalue weighted by Crippen LogP contribution is -2.40. The number of anilines is 2. The van der Waals surface area contributed by atoms with E-state index in [1.165, 1.54) is 6.42 Å². The molecule has 0 unspecified atom stereocenters. The van der Waals surface area contributed by atoms with Crippen LogP contribution in [0.5, 0.6) is 0 Å². The van der Waals surface area contributed by atoms with E-state index in [2.05, 4.69) is 5.32 Å². The lowest BCUT2D eigenvalue weighted by atomic mass is 9.88. The Morgan fingerprint density at radius 3 is 2.67 bits per heavy atom. The number of para-hydroxylation sites is 2. The average molecular weight is 286 g/mol. The summed E-state index contributed by atoms with van der Waals surface area (Å²) >= 11 is 0. The third kappa shape index (κ3) is 2.80. The van der Waals surface area contributed by atoms with Crippen LogP contribution in [0, 0.1) is 11.8 Å². The molecule has 1 atom stereocenters. The fourth-order valence-electron chi connectivity index (χ4n) is 3.30. The second-order valence-electron chi connectivity index (χ2n) is 6.19. The van der Waals surface area contributed by atoms with Crippen LogP contribution in [0.2, 0.25) is 0 Å². The number of rotatable bonds is 1. The van der Waals surface area contributed by atoms with Crippen molar-refractivity contribution in [3.8, 4) is 0 Å². The Bertz CT molecular complexity index is 549. The fraction of sp³-hybridized carbons (Fsp3) is 0.529. The number of fused-ring (bicyclic) bond motifs is 1. The molecule has 0 spiro atoms. The van der Waals surface area contributed by atoms with Gasteiger partial charge in [-0.05, 0) is 25.0 Å². The third-order valence-corrected chi connectivity index (χ3v) is 4.58. The van der Waals surface area contributed by atoms with Gasteiger partial charge in [0.15, 0.2) is 0 Å². The molecular weight excluding hydrogens is 264 g/mol. The zero-order valence-corrected chi connectivity index (χ0v) is 12.5. The van der Waals surface area contributed by atoms with Gasteiger partial charge in [0.05, 0.1) is 17.3 Å². The van der Waals surface area contributed by atoms with E-state index < -0.39 is 0 Å². The Labute approximate surface area is 125 Å². The molecule has 0 saturated heterocycles. The van der Waals surface area contributed by atoms with Crippen molar-refractivity contribution in [1.82, 2.24) is 0 Å². The molecule has 0 bridgehead atoms. The van der Waals surface area contributed by atoms with Crippen molar-refractivity contribution in [3.05, 3.63) is 24.3 Å². The summed E-state index contributed by atoms with van der Waals surface area (Å²) in [6.45, 7) is 2.35. The molecule has 3 rings (SSSR count). The minimum Gasteiger partial charge on any atom is -0.324 e. The van der Waals surface area contributed by atoms with Crippen LogP contribution in [0.15, 0.2) is 24.3 Å². The number of nitrogens with zero attached hydrogens (tertiary/aromatic N) is 1. The van der Waals surface area contributed by atoms with E-state index in [9.17, 15) is 9.59 Å². The minimum atomic E-state index is -0.190. The summed E-state index contributed by atoms with van der Waals surface area (Å²) in [5.41, 5.74) is 1.58. The van der Waals surface area contributed by atoms with Gasteiger partial charge in [-0.3, -0.25) is 9.59 Å². The fourth-order valence-corrected chi connectivity index (χ4v) is 3.30. The summed E-state index contributed by atoms with van der Waals surface area (Å²) in [5, 5.41) is 2.93. The molecule has 1 saturated carbocycles. The largest absolute Gasteiger partial charge is 0.324 e. The van der Waals surface area contributed by atoms with Crippen LogP contribution in [0.4, 0.5) is 11.4 Å². The molecular formula is C17H22N2O2. The van der Waals surface area contributed by atoms with E-state index in [1.807, 2.05) is 36.1 Å². The SMILES string of the molecule is C[C@H]1CN(C(=O)C2CCCCC2)c2ccccc2NC1=O. The molecule has 4 nitrogen and oxygen atoms in total.